The van der Waals surface area contributed by atoms with Crippen LogP contribution in [0.1, 0.15) is 142 Å². The Morgan fingerprint density at radius 2 is 1.80 bits per heavy atom. The van der Waals surface area contributed by atoms with Crippen molar-refractivity contribution < 1.29 is 43.9 Å². The van der Waals surface area contributed by atoms with Gasteiger partial charge in [0.05, 0.1) is 18.3 Å². The van der Waals surface area contributed by atoms with Crippen molar-refractivity contribution in [3.63, 3.8) is 0 Å². The topological polar surface area (TPSA) is 176 Å². The van der Waals surface area contributed by atoms with Crippen LogP contribution >= 0.6 is 21.6 Å². The molecule has 14 heteroatoms. The lowest BCUT2D eigenvalue weighted by molar-refractivity contribution is -0.180. The second kappa shape index (κ2) is 22.1. The minimum Gasteiger partial charge on any atom is -0.504 e. The number of esters is 2. The van der Waals surface area contributed by atoms with Gasteiger partial charge in [-0.2, -0.15) is 0 Å². The zero-order chi connectivity index (χ0) is 43.6. The molecule has 1 aliphatic carbocycles. The van der Waals surface area contributed by atoms with Crippen LogP contribution in [0.4, 0.5) is 0 Å². The number of phenols is 1. The van der Waals surface area contributed by atoms with Crippen LogP contribution in [0.25, 0.3) is 0 Å². The number of carbonyl (C=O) groups excluding carboxylic acids is 3. The number of aliphatic hydroxyl groups excluding tert-OH is 1. The Balaban J connectivity index is 1.36. The summed E-state index contributed by atoms with van der Waals surface area (Å²) in [6, 6.07) is 3.54. The maximum atomic E-state index is 15.1. The summed E-state index contributed by atoms with van der Waals surface area (Å²) in [5, 5.41) is 44.6. The van der Waals surface area contributed by atoms with E-state index in [4.69, 9.17) is 14.2 Å². The third kappa shape index (κ3) is 12.7. The van der Waals surface area contributed by atoms with Crippen molar-refractivity contribution in [3.8, 4) is 11.5 Å². The predicted molar refractivity (Wildman–Crippen MR) is 242 cm³/mol. The molecular formula is C47H75N3O9S2. The largest absolute Gasteiger partial charge is 0.504 e. The Morgan fingerprint density at radius 3 is 2.57 bits per heavy atom. The highest BCUT2D eigenvalue weighted by atomic mass is 33.1. The SMILES string of the molecule is CC(=O)O[C@@H](C[C@@H](OC(=O)[C@@]12CCCC[C@@H]1CCC(=O)N2)C1(Cc2ccc(O)c3c2CCCO3)CCNCC1)[C@H]1CC[C@@H](O)[C@@H](NCCCC(C)C)CSSC[C@@](C)(O)CC1. The van der Waals surface area contributed by atoms with Crippen molar-refractivity contribution >= 4 is 39.4 Å². The number of ether oxygens (including phenoxy) is 3. The molecule has 0 spiro atoms. The number of aromatic hydroxyl groups is 1. The first-order chi connectivity index (χ1) is 29.2. The van der Waals surface area contributed by atoms with Crippen molar-refractivity contribution in [2.75, 3.05) is 37.7 Å². The van der Waals surface area contributed by atoms with E-state index in [0.29, 0.717) is 107 Å². The van der Waals surface area contributed by atoms with Crippen molar-refractivity contribution in [1.82, 2.24) is 16.0 Å². The zero-order valence-electron chi connectivity index (χ0n) is 37.3. The van der Waals surface area contributed by atoms with E-state index in [1.54, 1.807) is 27.7 Å². The van der Waals surface area contributed by atoms with Gasteiger partial charge in [-0.1, -0.05) is 54.3 Å². The van der Waals surface area contributed by atoms with E-state index in [0.717, 1.165) is 62.6 Å². The maximum Gasteiger partial charge on any atom is 0.332 e. The van der Waals surface area contributed by atoms with Gasteiger partial charge in [-0.05, 0) is 146 Å². The van der Waals surface area contributed by atoms with Crippen LogP contribution in [-0.2, 0) is 36.7 Å². The molecule has 1 aromatic rings. The number of fused-ring (bicyclic) bond motifs is 2. The number of amides is 1. The summed E-state index contributed by atoms with van der Waals surface area (Å²) >= 11 is 0. The molecule has 0 aromatic heterocycles. The van der Waals surface area contributed by atoms with E-state index < -0.39 is 46.8 Å². The van der Waals surface area contributed by atoms with Gasteiger partial charge in [0, 0.05) is 48.3 Å². The second-order valence-corrected chi connectivity index (χ2v) is 22.2. The van der Waals surface area contributed by atoms with Crippen LogP contribution in [0, 0.1) is 23.2 Å². The van der Waals surface area contributed by atoms with Crippen molar-refractivity contribution in [2.45, 2.75) is 179 Å². The van der Waals surface area contributed by atoms with Crippen molar-refractivity contribution in [1.29, 1.82) is 0 Å². The molecule has 6 rings (SSSR count). The Labute approximate surface area is 372 Å². The van der Waals surface area contributed by atoms with Crippen LogP contribution < -0.4 is 20.7 Å². The lowest BCUT2D eigenvalue weighted by atomic mass is 9.66. The highest BCUT2D eigenvalue weighted by molar-refractivity contribution is 8.76. The minimum absolute atomic E-state index is 0.0143. The van der Waals surface area contributed by atoms with Gasteiger partial charge >= 0.3 is 11.9 Å². The van der Waals surface area contributed by atoms with Crippen LogP contribution in [-0.4, -0.2) is 106 Å². The maximum absolute atomic E-state index is 15.1. The van der Waals surface area contributed by atoms with Gasteiger partial charge in [0.25, 0.3) is 0 Å². The lowest BCUT2D eigenvalue weighted by Crippen LogP contribution is -2.65. The molecule has 4 fully saturated rings. The molecule has 4 aliphatic heterocycles. The van der Waals surface area contributed by atoms with Gasteiger partial charge in [-0.3, -0.25) is 9.59 Å². The number of carbonyl (C=O) groups is 3. The Kier molecular flexibility index (Phi) is 17.5. The summed E-state index contributed by atoms with van der Waals surface area (Å²) < 4.78 is 19.4. The third-order valence-corrected chi connectivity index (χ3v) is 17.1. The number of benzene rings is 1. The van der Waals surface area contributed by atoms with Crippen LogP contribution in [0.5, 0.6) is 11.5 Å². The first-order valence-corrected chi connectivity index (χ1v) is 25.9. The lowest BCUT2D eigenvalue weighted by Gasteiger charge is -2.49. The highest BCUT2D eigenvalue weighted by Gasteiger charge is 2.54. The molecule has 0 radical (unpaired) electrons. The molecule has 0 unspecified atom stereocenters. The van der Waals surface area contributed by atoms with Crippen LogP contribution in [0.15, 0.2) is 12.1 Å². The molecule has 8 atom stereocenters. The molecule has 1 aromatic carbocycles. The van der Waals surface area contributed by atoms with E-state index >= 15 is 4.79 Å². The van der Waals surface area contributed by atoms with Gasteiger partial charge in [0.2, 0.25) is 5.91 Å². The van der Waals surface area contributed by atoms with E-state index in [2.05, 4.69) is 29.8 Å². The second-order valence-electron chi connectivity index (χ2n) is 19.7. The van der Waals surface area contributed by atoms with Gasteiger partial charge in [-0.25, -0.2) is 4.79 Å². The number of phenolic OH excluding ortho intramolecular Hbond substituents is 1. The number of nitrogens with one attached hydrogen (secondary N) is 3. The van der Waals surface area contributed by atoms with E-state index in [1.165, 1.54) is 6.92 Å². The van der Waals surface area contributed by atoms with E-state index in [-0.39, 0.29) is 36.0 Å². The summed E-state index contributed by atoms with van der Waals surface area (Å²) in [4.78, 5) is 41.3. The summed E-state index contributed by atoms with van der Waals surface area (Å²) in [5.41, 5.74) is -0.631. The van der Waals surface area contributed by atoms with Crippen LogP contribution in [0.2, 0.25) is 0 Å². The Morgan fingerprint density at radius 1 is 1.00 bits per heavy atom. The van der Waals surface area contributed by atoms with Crippen molar-refractivity contribution in [3.05, 3.63) is 23.3 Å². The molecule has 0 bridgehead atoms. The van der Waals surface area contributed by atoms with Gasteiger partial charge < -0.3 is 45.5 Å². The fourth-order valence-electron chi connectivity index (χ4n) is 10.8. The average Bonchev–Trinajstić information content (AvgIpc) is 3.23. The highest BCUT2D eigenvalue weighted by Crippen LogP contribution is 2.48. The molecule has 61 heavy (non-hydrogen) atoms. The monoisotopic (exact) mass is 889 g/mol. The van der Waals surface area contributed by atoms with Gasteiger partial charge in [0.15, 0.2) is 11.5 Å². The fourth-order valence-corrected chi connectivity index (χ4v) is 13.6. The molecule has 3 saturated heterocycles. The molecular weight excluding hydrogens is 815 g/mol. The number of hydrogen-bond donors (Lipinski definition) is 6. The molecule has 1 saturated carbocycles. The third-order valence-electron chi connectivity index (χ3n) is 14.5. The molecule has 344 valence electrons. The summed E-state index contributed by atoms with van der Waals surface area (Å²) in [6.07, 6.45) is 10.2. The van der Waals surface area contributed by atoms with E-state index in [9.17, 15) is 24.9 Å². The average molecular weight is 890 g/mol. The first-order valence-electron chi connectivity index (χ1n) is 23.4. The molecule has 6 N–H and O–H groups in total. The zero-order valence-corrected chi connectivity index (χ0v) is 38.9. The number of hydrogen-bond acceptors (Lipinski definition) is 13. The number of piperidine rings is 2. The summed E-state index contributed by atoms with van der Waals surface area (Å²) in [7, 11) is 3.31. The molecule has 12 nitrogen and oxygen atoms in total. The fraction of sp³-hybridized carbons (Fsp3) is 0.809. The normalized spacial score (nSPS) is 30.8. The Hall–Kier alpha value is -2.23. The quantitative estimate of drug-likeness (QED) is 0.0656. The van der Waals surface area contributed by atoms with Crippen LogP contribution in [0.3, 0.4) is 0 Å². The standard InChI is InChI=1S/C47H75N3O9S2/c1-31(2)9-7-23-49-37-29-60-61-30-45(4,56)20-18-33(12-15-38(37)52)40(58-32(3)51)27-41(59-44(55)47-19-6-5-10-35(47)14-17-42(54)50-47)46(21-24-48-25-22-46)28-34-13-16-39(53)43-36(34)11-8-26-57-43/h13,16,31,33,35,37-38,40-41,48-49,52-53,56H,5-12,14-15,17-30H2,1-4H3,(H,50,54)/t33-,35+,37-,38+,40-,41+,45-,47+/m0/s1. The molecule has 4 heterocycles. The molecule has 5 aliphatic rings. The minimum atomic E-state index is -1.11. The summed E-state index contributed by atoms with van der Waals surface area (Å²) in [6.45, 7) is 10.5. The Bertz CT molecular complexity index is 1620. The number of rotatable bonds is 14. The van der Waals surface area contributed by atoms with Gasteiger partial charge in [0.1, 0.15) is 17.7 Å². The predicted octanol–water partition coefficient (Wildman–Crippen LogP) is 6.78. The molecule has 1 amide bonds. The van der Waals surface area contributed by atoms with Crippen molar-refractivity contribution in [2.24, 2.45) is 23.2 Å². The number of aliphatic hydroxyl groups is 2. The van der Waals surface area contributed by atoms with Gasteiger partial charge in [-0.15, -0.1) is 0 Å². The van der Waals surface area contributed by atoms with E-state index in [1.807, 2.05) is 13.0 Å². The first kappa shape index (κ1) is 48.2. The smallest absolute Gasteiger partial charge is 0.332 e. The summed E-state index contributed by atoms with van der Waals surface area (Å²) in [5.74, 6) is 1.25.